The zero-order valence-corrected chi connectivity index (χ0v) is 10.7. The molecule has 0 aliphatic carbocycles. The van der Waals surface area contributed by atoms with Crippen molar-refractivity contribution in [2.45, 2.75) is 0 Å². The van der Waals surface area contributed by atoms with E-state index < -0.39 is 15.0 Å². The van der Waals surface area contributed by atoms with Gasteiger partial charge in [-0.3, -0.25) is 0 Å². The van der Waals surface area contributed by atoms with Crippen molar-refractivity contribution in [1.29, 1.82) is 5.26 Å². The first-order valence-corrected chi connectivity index (χ1v) is 6.50. The van der Waals surface area contributed by atoms with Crippen LogP contribution in [0, 0.1) is 10.2 Å². The van der Waals surface area contributed by atoms with Gasteiger partial charge in [-0.05, 0) is 0 Å². The molecule has 1 heterocycles. The van der Waals surface area contributed by atoms with Gasteiger partial charge in [-0.1, -0.05) is 0 Å². The van der Waals surface area contributed by atoms with Crippen molar-refractivity contribution in [3.8, 4) is 4.97 Å². The third kappa shape index (κ3) is 1.98. The molecule has 5 heteroatoms. The van der Waals surface area contributed by atoms with Gasteiger partial charge in [-0.15, -0.1) is 0 Å². The number of benzene rings is 1. The average Bonchev–Trinajstić information content (AvgIpc) is 2.22. The van der Waals surface area contributed by atoms with E-state index in [4.69, 9.17) is 9.68 Å². The average molecular weight is 329 g/mol. The molecule has 74 valence electrons. The molecule has 0 bridgehead atoms. The molecule has 2 rings (SSSR count). The van der Waals surface area contributed by atoms with E-state index in [9.17, 15) is 4.79 Å². The summed E-state index contributed by atoms with van der Waals surface area (Å²) in [4.78, 5) is 13.8. The van der Waals surface area contributed by atoms with Gasteiger partial charge in [0.15, 0.2) is 0 Å². The van der Waals surface area contributed by atoms with Crippen LogP contribution in [0.25, 0.3) is 11.0 Å². The summed E-state index contributed by atoms with van der Waals surface area (Å²) in [5.41, 5.74) is 0.428. The van der Waals surface area contributed by atoms with Crippen molar-refractivity contribution in [3.05, 3.63) is 39.2 Å². The molecule has 1 aromatic carbocycles. The number of hydrogen-bond donors (Lipinski definition) is 0. The Hall–Kier alpha value is -1.08. The van der Waals surface area contributed by atoms with E-state index in [2.05, 4.69) is 15.9 Å². The number of fused-ring (bicyclic) bond motifs is 1. The fraction of sp³-hybridized carbons (Fsp3) is 0. The second-order valence-electron chi connectivity index (χ2n) is 2.76. The topological polar surface area (TPSA) is 54.0 Å². The van der Waals surface area contributed by atoms with Crippen molar-refractivity contribution in [2.24, 2.45) is 0 Å². The van der Waals surface area contributed by atoms with Gasteiger partial charge in [0.05, 0.1) is 0 Å². The van der Waals surface area contributed by atoms with Crippen LogP contribution in [0.15, 0.2) is 38.1 Å². The van der Waals surface area contributed by atoms with E-state index in [0.29, 0.717) is 15.4 Å². The molecule has 0 unspecified atom stereocenters. The fourth-order valence-corrected chi connectivity index (χ4v) is 2.38. The van der Waals surface area contributed by atoms with Crippen LogP contribution >= 0.6 is 15.9 Å². The molecular formula is C10H4BrNO2Se. The summed E-state index contributed by atoms with van der Waals surface area (Å²) in [6, 6.07) is 5.21. The molecule has 1 aromatic heterocycles. The molecular weight excluding hydrogens is 325 g/mol. The second kappa shape index (κ2) is 4.19. The van der Waals surface area contributed by atoms with E-state index in [0.717, 1.165) is 4.47 Å². The Morgan fingerprint density at radius 3 is 3.00 bits per heavy atom. The Morgan fingerprint density at radius 2 is 2.27 bits per heavy atom. The first kappa shape index (κ1) is 10.4. The van der Waals surface area contributed by atoms with Gasteiger partial charge in [-0.2, -0.15) is 0 Å². The van der Waals surface area contributed by atoms with E-state index in [1.807, 2.05) is 4.97 Å². The van der Waals surface area contributed by atoms with Gasteiger partial charge < -0.3 is 0 Å². The molecule has 2 aromatic rings. The van der Waals surface area contributed by atoms with Crippen molar-refractivity contribution in [3.63, 3.8) is 0 Å². The molecule has 0 atom stereocenters. The van der Waals surface area contributed by atoms with Crippen LogP contribution in [-0.4, -0.2) is 15.0 Å². The van der Waals surface area contributed by atoms with Crippen LogP contribution in [-0.2, 0) is 0 Å². The molecule has 0 radical (unpaired) electrons. The Morgan fingerprint density at radius 1 is 1.47 bits per heavy atom. The van der Waals surface area contributed by atoms with Crippen LogP contribution in [0.5, 0.6) is 0 Å². The summed E-state index contributed by atoms with van der Waals surface area (Å²) in [5, 5.41) is 9.07. The van der Waals surface area contributed by atoms with Crippen LogP contribution in [0.3, 0.4) is 0 Å². The predicted molar refractivity (Wildman–Crippen MR) is 61.2 cm³/mol. The fourth-order valence-electron chi connectivity index (χ4n) is 1.20. The maximum absolute atomic E-state index is 11.8. The molecule has 0 saturated heterocycles. The third-order valence-corrected chi connectivity index (χ3v) is 3.60. The van der Waals surface area contributed by atoms with Gasteiger partial charge in [-0.25, -0.2) is 0 Å². The standard InChI is InChI=1S/C10H4BrNO2Se/c11-6-1-2-7-8(3-6)14-4-9(10(7)13)15-5-12/h1-4H. The van der Waals surface area contributed by atoms with Gasteiger partial charge in [0.1, 0.15) is 0 Å². The summed E-state index contributed by atoms with van der Waals surface area (Å²) < 4.78 is 6.61. The SMILES string of the molecule is N#C[Se]c1coc2cc(Br)ccc2c1=O. The van der Waals surface area contributed by atoms with E-state index in [1.165, 1.54) is 6.26 Å². The number of nitrogens with zero attached hydrogens (tertiary/aromatic N) is 1. The molecule has 0 spiro atoms. The van der Waals surface area contributed by atoms with Crippen LogP contribution < -0.4 is 9.89 Å². The van der Waals surface area contributed by atoms with Crippen molar-refractivity contribution in [2.75, 3.05) is 0 Å². The summed E-state index contributed by atoms with van der Waals surface area (Å²) in [7, 11) is 0. The van der Waals surface area contributed by atoms with Gasteiger partial charge >= 0.3 is 100 Å². The number of halogens is 1. The zero-order chi connectivity index (χ0) is 10.8. The Balaban J connectivity index is 2.76. The molecule has 0 amide bonds. The van der Waals surface area contributed by atoms with E-state index >= 15 is 0 Å². The van der Waals surface area contributed by atoms with Gasteiger partial charge in [0.25, 0.3) is 0 Å². The van der Waals surface area contributed by atoms with Gasteiger partial charge in [0, 0.05) is 0 Å². The Kier molecular flexibility index (Phi) is 2.92. The van der Waals surface area contributed by atoms with E-state index in [-0.39, 0.29) is 5.43 Å². The van der Waals surface area contributed by atoms with Crippen LogP contribution in [0.1, 0.15) is 0 Å². The Bertz CT molecular complexity index is 615. The summed E-state index contributed by atoms with van der Waals surface area (Å²) in [6.07, 6.45) is 1.38. The molecule has 0 aliphatic heterocycles. The number of rotatable bonds is 1. The quantitative estimate of drug-likeness (QED) is 0.743. The van der Waals surface area contributed by atoms with Crippen molar-refractivity contribution >= 4 is 46.3 Å². The van der Waals surface area contributed by atoms with Crippen molar-refractivity contribution in [1.82, 2.24) is 0 Å². The minimum absolute atomic E-state index is 0.106. The summed E-state index contributed by atoms with van der Waals surface area (Å²) >= 11 is 2.83. The second-order valence-corrected chi connectivity index (χ2v) is 5.41. The van der Waals surface area contributed by atoms with Crippen LogP contribution in [0.2, 0.25) is 0 Å². The molecule has 0 fully saturated rings. The van der Waals surface area contributed by atoms with Crippen LogP contribution in [0.4, 0.5) is 0 Å². The third-order valence-electron chi connectivity index (χ3n) is 1.86. The number of nitriles is 1. The predicted octanol–water partition coefficient (Wildman–Crippen LogP) is 1.37. The molecule has 0 N–H and O–H groups in total. The maximum atomic E-state index is 11.8. The minimum atomic E-state index is -0.470. The summed E-state index contributed by atoms with van der Waals surface area (Å²) in [5.74, 6) is 0. The molecule has 3 nitrogen and oxygen atoms in total. The monoisotopic (exact) mass is 329 g/mol. The Labute approximate surface area is 100.0 Å². The van der Waals surface area contributed by atoms with Gasteiger partial charge in [0.2, 0.25) is 0 Å². The molecule has 0 aliphatic rings. The van der Waals surface area contributed by atoms with E-state index in [1.54, 1.807) is 18.2 Å². The van der Waals surface area contributed by atoms with Crippen molar-refractivity contribution < 1.29 is 4.42 Å². The molecule has 15 heavy (non-hydrogen) atoms. The first-order valence-electron chi connectivity index (χ1n) is 3.99. The molecule has 0 saturated carbocycles. The summed E-state index contributed by atoms with van der Waals surface area (Å²) in [6.45, 7) is 0. The first-order chi connectivity index (χ1) is 7.22. The number of hydrogen-bond acceptors (Lipinski definition) is 3. The normalized spacial score (nSPS) is 10.1. The zero-order valence-electron chi connectivity index (χ0n) is 7.36.